The highest BCUT2D eigenvalue weighted by Crippen LogP contribution is 2.28. The topological polar surface area (TPSA) is 20.3 Å². The molecule has 0 aliphatic carbocycles. The first-order valence-corrected chi connectivity index (χ1v) is 6.06. The number of amides is 1. The Morgan fingerprint density at radius 3 is 2.81 bits per heavy atom. The monoisotopic (exact) mass is 217 g/mol. The summed E-state index contributed by atoms with van der Waals surface area (Å²) in [4.78, 5) is 13.8. The fourth-order valence-corrected chi connectivity index (χ4v) is 2.22. The third-order valence-corrected chi connectivity index (χ3v) is 3.09. The predicted molar refractivity (Wildman–Crippen MR) is 66.6 cm³/mol. The maximum absolute atomic E-state index is 11.8. The minimum atomic E-state index is 0.255. The summed E-state index contributed by atoms with van der Waals surface area (Å²) in [5.41, 5.74) is 2.30. The maximum Gasteiger partial charge on any atom is 0.231 e. The van der Waals surface area contributed by atoms with Gasteiger partial charge in [0.15, 0.2) is 0 Å². The van der Waals surface area contributed by atoms with Gasteiger partial charge in [-0.05, 0) is 30.4 Å². The third kappa shape index (κ3) is 2.26. The van der Waals surface area contributed by atoms with E-state index in [0.717, 1.165) is 18.7 Å². The van der Waals surface area contributed by atoms with Crippen LogP contribution in [0.15, 0.2) is 24.3 Å². The molecular weight excluding hydrogens is 198 g/mol. The van der Waals surface area contributed by atoms with Gasteiger partial charge < -0.3 is 4.90 Å². The summed E-state index contributed by atoms with van der Waals surface area (Å²) in [6.07, 6.45) is 2.86. The van der Waals surface area contributed by atoms with Crippen LogP contribution in [0.4, 0.5) is 5.69 Å². The van der Waals surface area contributed by atoms with Crippen LogP contribution in [0.2, 0.25) is 0 Å². The summed E-state index contributed by atoms with van der Waals surface area (Å²) in [7, 11) is 0. The van der Waals surface area contributed by atoms with Crippen LogP contribution in [0.5, 0.6) is 0 Å². The fourth-order valence-electron chi connectivity index (χ4n) is 2.22. The molecule has 0 aromatic heterocycles. The van der Waals surface area contributed by atoms with Crippen LogP contribution in [0.25, 0.3) is 0 Å². The molecule has 1 aliphatic rings. The first-order chi connectivity index (χ1) is 7.68. The summed E-state index contributed by atoms with van der Waals surface area (Å²) < 4.78 is 0. The van der Waals surface area contributed by atoms with E-state index < -0.39 is 0 Å². The van der Waals surface area contributed by atoms with E-state index in [1.807, 2.05) is 17.0 Å². The lowest BCUT2D eigenvalue weighted by Gasteiger charge is -2.17. The molecule has 2 nitrogen and oxygen atoms in total. The van der Waals surface area contributed by atoms with Crippen LogP contribution in [0, 0.1) is 5.92 Å². The zero-order valence-corrected chi connectivity index (χ0v) is 10.1. The van der Waals surface area contributed by atoms with E-state index in [0.29, 0.717) is 12.3 Å². The smallest absolute Gasteiger partial charge is 0.231 e. The molecule has 2 heteroatoms. The molecule has 0 fully saturated rings. The van der Waals surface area contributed by atoms with Crippen LogP contribution < -0.4 is 4.90 Å². The number of hydrogen-bond acceptors (Lipinski definition) is 1. The summed E-state index contributed by atoms with van der Waals surface area (Å²) in [5, 5.41) is 0. The Hall–Kier alpha value is -1.31. The van der Waals surface area contributed by atoms with Crippen molar-refractivity contribution in [1.82, 2.24) is 0 Å². The first kappa shape index (κ1) is 11.2. The van der Waals surface area contributed by atoms with Crippen LogP contribution in [0.3, 0.4) is 0 Å². The minimum Gasteiger partial charge on any atom is -0.312 e. The second kappa shape index (κ2) is 4.69. The molecule has 2 rings (SSSR count). The first-order valence-electron chi connectivity index (χ1n) is 6.06. The fraction of sp³-hybridized carbons (Fsp3) is 0.500. The number of para-hydroxylation sites is 1. The van der Waals surface area contributed by atoms with Crippen molar-refractivity contribution in [1.29, 1.82) is 0 Å². The average molecular weight is 217 g/mol. The maximum atomic E-state index is 11.8. The highest BCUT2D eigenvalue weighted by atomic mass is 16.2. The molecule has 0 saturated heterocycles. The Kier molecular flexibility index (Phi) is 3.28. The van der Waals surface area contributed by atoms with E-state index >= 15 is 0 Å². The number of nitrogens with zero attached hydrogens (tertiary/aromatic N) is 1. The Labute approximate surface area is 97.3 Å². The normalized spacial score (nSPS) is 14.7. The number of hydrogen-bond donors (Lipinski definition) is 0. The summed E-state index contributed by atoms with van der Waals surface area (Å²) in [6, 6.07) is 8.11. The standard InChI is InChI=1S/C14H19NO/c1-11(2)6-5-9-15-13-8-4-3-7-12(13)10-14(15)16/h3-4,7-8,11H,5-6,9-10H2,1-2H3. The zero-order chi connectivity index (χ0) is 11.5. The Morgan fingerprint density at radius 1 is 1.31 bits per heavy atom. The van der Waals surface area contributed by atoms with Gasteiger partial charge in [-0.3, -0.25) is 4.79 Å². The van der Waals surface area contributed by atoms with Crippen molar-refractivity contribution in [3.63, 3.8) is 0 Å². The van der Waals surface area contributed by atoms with Gasteiger partial charge in [-0.2, -0.15) is 0 Å². The largest absolute Gasteiger partial charge is 0.312 e. The molecule has 1 aliphatic heterocycles. The Balaban J connectivity index is 2.02. The lowest BCUT2D eigenvalue weighted by Crippen LogP contribution is -2.27. The average Bonchev–Trinajstić information content (AvgIpc) is 2.55. The Morgan fingerprint density at radius 2 is 2.06 bits per heavy atom. The van der Waals surface area contributed by atoms with Crippen LogP contribution in [0.1, 0.15) is 32.3 Å². The van der Waals surface area contributed by atoms with Gasteiger partial charge in [0.2, 0.25) is 5.91 Å². The van der Waals surface area contributed by atoms with E-state index in [2.05, 4.69) is 26.0 Å². The van der Waals surface area contributed by atoms with Gasteiger partial charge in [0.1, 0.15) is 0 Å². The highest BCUT2D eigenvalue weighted by molar-refractivity contribution is 6.01. The molecule has 1 heterocycles. The lowest BCUT2D eigenvalue weighted by molar-refractivity contribution is -0.117. The molecule has 1 amide bonds. The van der Waals surface area contributed by atoms with Gasteiger partial charge in [-0.1, -0.05) is 32.0 Å². The van der Waals surface area contributed by atoms with Gasteiger partial charge in [0.05, 0.1) is 6.42 Å². The summed E-state index contributed by atoms with van der Waals surface area (Å²) >= 11 is 0. The van der Waals surface area contributed by atoms with Crippen molar-refractivity contribution in [3.05, 3.63) is 29.8 Å². The molecule has 1 aromatic carbocycles. The van der Waals surface area contributed by atoms with Crippen LogP contribution in [-0.4, -0.2) is 12.5 Å². The van der Waals surface area contributed by atoms with Crippen molar-refractivity contribution in [3.8, 4) is 0 Å². The molecule has 0 saturated carbocycles. The minimum absolute atomic E-state index is 0.255. The van der Waals surface area contributed by atoms with E-state index in [1.165, 1.54) is 12.0 Å². The second-order valence-corrected chi connectivity index (χ2v) is 4.89. The van der Waals surface area contributed by atoms with Crippen molar-refractivity contribution >= 4 is 11.6 Å². The Bertz CT molecular complexity index is 384. The van der Waals surface area contributed by atoms with E-state index in [4.69, 9.17) is 0 Å². The van der Waals surface area contributed by atoms with Crippen molar-refractivity contribution < 1.29 is 4.79 Å². The zero-order valence-electron chi connectivity index (χ0n) is 10.1. The molecule has 16 heavy (non-hydrogen) atoms. The number of carbonyl (C=O) groups excluding carboxylic acids is 1. The lowest BCUT2D eigenvalue weighted by atomic mass is 10.1. The van der Waals surface area contributed by atoms with Crippen molar-refractivity contribution in [2.75, 3.05) is 11.4 Å². The molecule has 1 aromatic rings. The van der Waals surface area contributed by atoms with Crippen LogP contribution >= 0.6 is 0 Å². The molecular formula is C14H19NO. The van der Waals surface area contributed by atoms with Crippen molar-refractivity contribution in [2.45, 2.75) is 33.1 Å². The highest BCUT2D eigenvalue weighted by Gasteiger charge is 2.25. The molecule has 0 radical (unpaired) electrons. The van der Waals surface area contributed by atoms with Crippen LogP contribution in [-0.2, 0) is 11.2 Å². The van der Waals surface area contributed by atoms with E-state index in [1.54, 1.807) is 0 Å². The summed E-state index contributed by atoms with van der Waals surface area (Å²) in [5.74, 6) is 0.970. The molecule has 0 N–H and O–H groups in total. The third-order valence-electron chi connectivity index (χ3n) is 3.09. The van der Waals surface area contributed by atoms with Gasteiger partial charge in [0, 0.05) is 12.2 Å². The van der Waals surface area contributed by atoms with Gasteiger partial charge >= 0.3 is 0 Å². The number of benzene rings is 1. The van der Waals surface area contributed by atoms with Crippen molar-refractivity contribution in [2.24, 2.45) is 5.92 Å². The van der Waals surface area contributed by atoms with E-state index in [-0.39, 0.29) is 5.91 Å². The predicted octanol–water partition coefficient (Wildman–Crippen LogP) is 3.01. The summed E-state index contributed by atoms with van der Waals surface area (Å²) in [6.45, 7) is 5.31. The molecule has 86 valence electrons. The van der Waals surface area contributed by atoms with Gasteiger partial charge in [-0.15, -0.1) is 0 Å². The number of carbonyl (C=O) groups is 1. The van der Waals surface area contributed by atoms with E-state index in [9.17, 15) is 4.79 Å². The number of fused-ring (bicyclic) bond motifs is 1. The van der Waals surface area contributed by atoms with Gasteiger partial charge in [-0.25, -0.2) is 0 Å². The number of anilines is 1. The molecule has 0 unspecified atom stereocenters. The quantitative estimate of drug-likeness (QED) is 0.759. The SMILES string of the molecule is CC(C)CCCN1C(=O)Cc2ccccc21. The van der Waals surface area contributed by atoms with Gasteiger partial charge in [0.25, 0.3) is 0 Å². The molecule has 0 bridgehead atoms. The molecule has 0 atom stereocenters. The number of rotatable bonds is 4. The molecule has 0 spiro atoms. The second-order valence-electron chi connectivity index (χ2n) is 4.89.